The maximum absolute atomic E-state index is 12.6. The van der Waals surface area contributed by atoms with E-state index in [1.165, 1.54) is 11.8 Å². The van der Waals surface area contributed by atoms with Crippen molar-refractivity contribution in [3.63, 3.8) is 0 Å². The van der Waals surface area contributed by atoms with E-state index in [0.717, 1.165) is 27.6 Å². The highest BCUT2D eigenvalue weighted by Crippen LogP contribution is 2.28. The summed E-state index contributed by atoms with van der Waals surface area (Å²) in [6.45, 7) is 3.81. The van der Waals surface area contributed by atoms with Crippen LogP contribution in [0.1, 0.15) is 12.5 Å². The summed E-state index contributed by atoms with van der Waals surface area (Å²) in [5.41, 5.74) is 2.72. The van der Waals surface area contributed by atoms with Gasteiger partial charge in [0.05, 0.1) is 5.25 Å². The molecule has 0 bridgehead atoms. The average Bonchev–Trinajstić information content (AvgIpc) is 3.16. The molecule has 0 unspecified atom stereocenters. The SMILES string of the molecule is Cc1ccccc1-c1nnc(S[C@H](C)C(=O)Nc2ccc3ccccc3c2)o1. The Morgan fingerprint density at radius 2 is 1.75 bits per heavy atom. The van der Waals surface area contributed by atoms with Crippen LogP contribution in [0.3, 0.4) is 0 Å². The molecule has 0 aliphatic rings. The first-order valence-corrected chi connectivity index (χ1v) is 9.84. The number of hydrogen-bond donors (Lipinski definition) is 1. The van der Waals surface area contributed by atoms with Gasteiger partial charge >= 0.3 is 0 Å². The lowest BCUT2D eigenvalue weighted by Gasteiger charge is -2.10. The van der Waals surface area contributed by atoms with Crippen LogP contribution in [0.4, 0.5) is 5.69 Å². The van der Waals surface area contributed by atoms with E-state index in [0.29, 0.717) is 11.1 Å². The molecule has 0 spiro atoms. The Balaban J connectivity index is 1.43. The molecule has 4 rings (SSSR count). The fourth-order valence-corrected chi connectivity index (χ4v) is 3.58. The largest absolute Gasteiger partial charge is 0.411 e. The molecule has 1 N–H and O–H groups in total. The van der Waals surface area contributed by atoms with Crippen LogP contribution in [0.5, 0.6) is 0 Å². The van der Waals surface area contributed by atoms with Gasteiger partial charge in [0, 0.05) is 11.3 Å². The number of thioether (sulfide) groups is 1. The number of hydrogen-bond acceptors (Lipinski definition) is 5. The quantitative estimate of drug-likeness (QED) is 0.468. The fourth-order valence-electron chi connectivity index (χ4n) is 2.89. The predicted molar refractivity (Wildman–Crippen MR) is 112 cm³/mol. The van der Waals surface area contributed by atoms with Crippen molar-refractivity contribution in [1.29, 1.82) is 0 Å². The number of amides is 1. The standard InChI is InChI=1S/C22H19N3O2S/c1-14-7-3-6-10-19(14)21-24-25-22(27-21)28-15(2)20(26)23-18-12-11-16-8-4-5-9-17(16)13-18/h3-13,15H,1-2H3,(H,23,26)/t15-/m1/s1. The maximum atomic E-state index is 12.6. The predicted octanol–water partition coefficient (Wildman–Crippen LogP) is 5.32. The fraction of sp³-hybridized carbons (Fsp3) is 0.136. The highest BCUT2D eigenvalue weighted by Gasteiger charge is 2.19. The zero-order valence-electron chi connectivity index (χ0n) is 15.5. The molecular formula is C22H19N3O2S. The van der Waals surface area contributed by atoms with Crippen LogP contribution in [-0.2, 0) is 4.79 Å². The van der Waals surface area contributed by atoms with Crippen LogP contribution in [0, 0.1) is 6.92 Å². The highest BCUT2D eigenvalue weighted by atomic mass is 32.2. The van der Waals surface area contributed by atoms with Crippen molar-refractivity contribution in [2.24, 2.45) is 0 Å². The normalized spacial score (nSPS) is 12.1. The van der Waals surface area contributed by atoms with Gasteiger partial charge in [0.1, 0.15) is 0 Å². The second kappa shape index (κ2) is 7.86. The van der Waals surface area contributed by atoms with Crippen molar-refractivity contribution in [1.82, 2.24) is 10.2 Å². The molecule has 4 aromatic rings. The van der Waals surface area contributed by atoms with E-state index in [4.69, 9.17) is 4.42 Å². The molecule has 1 amide bonds. The molecule has 1 heterocycles. The average molecular weight is 389 g/mol. The minimum absolute atomic E-state index is 0.115. The van der Waals surface area contributed by atoms with E-state index in [1.54, 1.807) is 0 Å². The van der Waals surface area contributed by atoms with Gasteiger partial charge in [-0.25, -0.2) is 0 Å². The highest BCUT2D eigenvalue weighted by molar-refractivity contribution is 8.00. The third-order valence-corrected chi connectivity index (χ3v) is 5.38. The number of carbonyl (C=O) groups is 1. The van der Waals surface area contributed by atoms with E-state index in [2.05, 4.69) is 15.5 Å². The van der Waals surface area contributed by atoms with Gasteiger partial charge < -0.3 is 9.73 Å². The van der Waals surface area contributed by atoms with Gasteiger partial charge in [0.15, 0.2) is 0 Å². The number of benzene rings is 3. The summed E-state index contributed by atoms with van der Waals surface area (Å²) in [7, 11) is 0. The third kappa shape index (κ3) is 3.92. The van der Waals surface area contributed by atoms with E-state index in [-0.39, 0.29) is 11.2 Å². The summed E-state index contributed by atoms with van der Waals surface area (Å²) in [5, 5.41) is 13.3. The molecule has 0 saturated heterocycles. The van der Waals surface area contributed by atoms with E-state index >= 15 is 0 Å². The number of rotatable bonds is 5. The van der Waals surface area contributed by atoms with Crippen LogP contribution < -0.4 is 5.32 Å². The Morgan fingerprint density at radius 3 is 2.57 bits per heavy atom. The summed E-state index contributed by atoms with van der Waals surface area (Å²) in [5.74, 6) is 0.346. The lowest BCUT2D eigenvalue weighted by Crippen LogP contribution is -2.22. The Hall–Kier alpha value is -3.12. The minimum Gasteiger partial charge on any atom is -0.411 e. The summed E-state index contributed by atoms with van der Waals surface area (Å²) < 4.78 is 5.74. The Morgan fingerprint density at radius 1 is 1.00 bits per heavy atom. The molecule has 0 saturated carbocycles. The number of nitrogens with one attached hydrogen (secondary N) is 1. The summed E-state index contributed by atoms with van der Waals surface area (Å²) in [4.78, 5) is 12.6. The summed E-state index contributed by atoms with van der Waals surface area (Å²) in [6, 6.07) is 21.7. The van der Waals surface area contributed by atoms with Gasteiger partial charge in [0.25, 0.3) is 5.22 Å². The van der Waals surface area contributed by atoms with Crippen LogP contribution in [0.25, 0.3) is 22.2 Å². The number of fused-ring (bicyclic) bond motifs is 1. The molecule has 0 aliphatic carbocycles. The zero-order chi connectivity index (χ0) is 19.5. The smallest absolute Gasteiger partial charge is 0.277 e. The first-order chi connectivity index (χ1) is 13.6. The molecule has 140 valence electrons. The van der Waals surface area contributed by atoms with E-state index in [1.807, 2.05) is 80.6 Å². The lowest BCUT2D eigenvalue weighted by atomic mass is 10.1. The van der Waals surface area contributed by atoms with Crippen molar-refractivity contribution in [2.45, 2.75) is 24.3 Å². The number of carbonyl (C=O) groups excluding carboxylic acids is 1. The monoisotopic (exact) mass is 389 g/mol. The first-order valence-electron chi connectivity index (χ1n) is 8.96. The lowest BCUT2D eigenvalue weighted by molar-refractivity contribution is -0.115. The van der Waals surface area contributed by atoms with Crippen LogP contribution >= 0.6 is 11.8 Å². The molecule has 0 aliphatic heterocycles. The van der Waals surface area contributed by atoms with Crippen molar-refractivity contribution >= 4 is 34.1 Å². The molecule has 0 fully saturated rings. The van der Waals surface area contributed by atoms with Gasteiger partial charge in [-0.15, -0.1) is 10.2 Å². The first kappa shape index (κ1) is 18.3. The van der Waals surface area contributed by atoms with Gasteiger partial charge in [-0.05, 0) is 48.4 Å². The molecule has 3 aromatic carbocycles. The topological polar surface area (TPSA) is 68.0 Å². The molecule has 0 radical (unpaired) electrons. The second-order valence-corrected chi connectivity index (χ2v) is 7.79. The number of aromatic nitrogens is 2. The third-order valence-electron chi connectivity index (χ3n) is 4.45. The van der Waals surface area contributed by atoms with Gasteiger partial charge in [-0.2, -0.15) is 0 Å². The molecule has 28 heavy (non-hydrogen) atoms. The molecule has 6 heteroatoms. The minimum atomic E-state index is -0.378. The number of aryl methyl sites for hydroxylation is 1. The zero-order valence-corrected chi connectivity index (χ0v) is 16.4. The molecule has 1 atom stereocenters. The van der Waals surface area contributed by atoms with Crippen LogP contribution in [-0.4, -0.2) is 21.4 Å². The van der Waals surface area contributed by atoms with Gasteiger partial charge in [0.2, 0.25) is 11.8 Å². The second-order valence-electron chi connectivity index (χ2n) is 6.50. The molecule has 5 nitrogen and oxygen atoms in total. The summed E-state index contributed by atoms with van der Waals surface area (Å²) in [6.07, 6.45) is 0. The van der Waals surface area contributed by atoms with E-state index < -0.39 is 0 Å². The summed E-state index contributed by atoms with van der Waals surface area (Å²) >= 11 is 1.24. The Kier molecular flexibility index (Phi) is 5.12. The van der Waals surface area contributed by atoms with E-state index in [9.17, 15) is 4.79 Å². The number of anilines is 1. The van der Waals surface area contributed by atoms with Crippen molar-refractivity contribution in [2.75, 3.05) is 5.32 Å². The Bertz CT molecular complexity index is 1140. The Labute approximate surface area is 167 Å². The van der Waals surface area contributed by atoms with Crippen molar-refractivity contribution < 1.29 is 9.21 Å². The van der Waals surface area contributed by atoms with Crippen molar-refractivity contribution in [3.8, 4) is 11.5 Å². The van der Waals surface area contributed by atoms with Crippen LogP contribution in [0.2, 0.25) is 0 Å². The molecular weight excluding hydrogens is 370 g/mol. The molecule has 1 aromatic heterocycles. The van der Waals surface area contributed by atoms with Crippen LogP contribution in [0.15, 0.2) is 76.4 Å². The van der Waals surface area contributed by atoms with Gasteiger partial charge in [-0.3, -0.25) is 4.79 Å². The number of nitrogens with zero attached hydrogens (tertiary/aromatic N) is 2. The van der Waals surface area contributed by atoms with Crippen molar-refractivity contribution in [3.05, 3.63) is 72.3 Å². The van der Waals surface area contributed by atoms with Gasteiger partial charge in [-0.1, -0.05) is 60.3 Å². The maximum Gasteiger partial charge on any atom is 0.277 e.